The van der Waals surface area contributed by atoms with Gasteiger partial charge in [0.1, 0.15) is 11.4 Å². The number of rotatable bonds is 5. The first-order valence-electron chi connectivity index (χ1n) is 13.2. The number of aliphatic imine (C=N–C) groups is 1. The molecule has 5 rings (SSSR count). The summed E-state index contributed by atoms with van der Waals surface area (Å²) in [5.41, 5.74) is 1.35. The Kier molecular flexibility index (Phi) is 6.85. The zero-order valence-corrected chi connectivity index (χ0v) is 22.8. The number of nitrogens with one attached hydrogen (secondary N) is 2. The van der Waals surface area contributed by atoms with Gasteiger partial charge < -0.3 is 15.4 Å². The quantitative estimate of drug-likeness (QED) is 0.535. The molecule has 3 heterocycles. The maximum atomic E-state index is 13.1. The number of hydrogen-bond acceptors (Lipinski definition) is 6. The number of carbonyl (C=O) groups excluding carboxylic acids is 1. The summed E-state index contributed by atoms with van der Waals surface area (Å²) < 4.78 is 28.9. The number of amides is 1. The summed E-state index contributed by atoms with van der Waals surface area (Å²) in [4.78, 5) is 32.3. The van der Waals surface area contributed by atoms with E-state index in [1.165, 1.54) is 15.9 Å². The summed E-state index contributed by atoms with van der Waals surface area (Å²) in [6, 6.07) is 3.52. The van der Waals surface area contributed by atoms with E-state index in [1.807, 2.05) is 6.92 Å². The predicted octanol–water partition coefficient (Wildman–Crippen LogP) is 2.98. The molecule has 38 heavy (non-hydrogen) atoms. The molecule has 1 spiro atoms. The third kappa shape index (κ3) is 4.84. The Labute approximate surface area is 222 Å². The van der Waals surface area contributed by atoms with E-state index in [2.05, 4.69) is 17.2 Å². The lowest BCUT2D eigenvalue weighted by atomic mass is 9.82. The van der Waals surface area contributed by atoms with E-state index < -0.39 is 21.3 Å². The lowest BCUT2D eigenvalue weighted by Crippen LogP contribution is -2.50. The van der Waals surface area contributed by atoms with Crippen molar-refractivity contribution in [3.8, 4) is 11.6 Å². The van der Waals surface area contributed by atoms with Gasteiger partial charge in [0.05, 0.1) is 11.9 Å². The zero-order chi connectivity index (χ0) is 27.2. The van der Waals surface area contributed by atoms with Gasteiger partial charge >= 0.3 is 5.69 Å². The Morgan fingerprint density at radius 1 is 1.08 bits per heavy atom. The number of carbonyl (C=O) groups is 1. The van der Waals surface area contributed by atoms with Gasteiger partial charge in [0.15, 0.2) is 0 Å². The zero-order valence-electron chi connectivity index (χ0n) is 22.0. The molecule has 0 unspecified atom stereocenters. The number of amidine groups is 1. The Balaban J connectivity index is 1.28. The van der Waals surface area contributed by atoms with Crippen LogP contribution in [0.3, 0.4) is 0 Å². The monoisotopic (exact) mass is 541 g/mol. The number of aromatic amines is 1. The van der Waals surface area contributed by atoms with Crippen LogP contribution in [0, 0.1) is 25.7 Å². The molecule has 0 radical (unpaired) electrons. The minimum absolute atomic E-state index is 0.0996. The van der Waals surface area contributed by atoms with Crippen LogP contribution in [0.2, 0.25) is 0 Å². The summed E-state index contributed by atoms with van der Waals surface area (Å²) in [6.07, 6.45) is 7.83. The molecule has 1 saturated heterocycles. The number of H-pyrrole nitrogens is 1. The number of nitrogens with zero attached hydrogens (tertiary/aromatic N) is 3. The predicted molar refractivity (Wildman–Crippen MR) is 146 cm³/mol. The van der Waals surface area contributed by atoms with E-state index in [9.17, 15) is 23.1 Å². The minimum Gasteiger partial charge on any atom is -0.493 e. The second-order valence-corrected chi connectivity index (χ2v) is 12.8. The molecule has 10 nitrogen and oxygen atoms in total. The van der Waals surface area contributed by atoms with Gasteiger partial charge in [-0.3, -0.25) is 9.79 Å². The van der Waals surface area contributed by atoms with E-state index >= 15 is 0 Å². The number of piperidine rings is 1. The van der Waals surface area contributed by atoms with Crippen molar-refractivity contribution in [2.24, 2.45) is 16.8 Å². The third-order valence-corrected chi connectivity index (χ3v) is 9.88. The van der Waals surface area contributed by atoms with Crippen LogP contribution in [0.15, 0.2) is 33.5 Å². The molecular weight excluding hydrogens is 506 g/mol. The van der Waals surface area contributed by atoms with Crippen LogP contribution in [-0.4, -0.2) is 57.8 Å². The van der Waals surface area contributed by atoms with Crippen molar-refractivity contribution < 1.29 is 18.3 Å². The first-order valence-corrected chi connectivity index (χ1v) is 14.7. The molecule has 2 aliphatic heterocycles. The van der Waals surface area contributed by atoms with Crippen molar-refractivity contribution in [3.63, 3.8) is 0 Å². The molecule has 0 atom stereocenters. The summed E-state index contributed by atoms with van der Waals surface area (Å²) in [7, 11) is -3.71. The number of hydrogen-bond donors (Lipinski definition) is 3. The summed E-state index contributed by atoms with van der Waals surface area (Å²) in [5, 5.41) is 14.2. The molecule has 11 heteroatoms. The smallest absolute Gasteiger partial charge is 0.333 e. The van der Waals surface area contributed by atoms with Gasteiger partial charge in [-0.2, -0.15) is 4.31 Å². The number of benzene rings is 1. The molecule has 1 amide bonds. The van der Waals surface area contributed by atoms with Gasteiger partial charge in [0, 0.05) is 24.4 Å². The molecule has 1 saturated carbocycles. The van der Waals surface area contributed by atoms with Crippen molar-refractivity contribution in [2.75, 3.05) is 13.1 Å². The Morgan fingerprint density at radius 3 is 2.39 bits per heavy atom. The highest BCUT2D eigenvalue weighted by Crippen LogP contribution is 2.36. The Morgan fingerprint density at radius 2 is 1.76 bits per heavy atom. The number of aromatic nitrogens is 2. The lowest BCUT2D eigenvalue weighted by Gasteiger charge is -2.34. The fourth-order valence-corrected chi connectivity index (χ4v) is 6.98. The topological polar surface area (TPSA) is 137 Å². The number of aromatic hydroxyl groups is 1. The fraction of sp³-hybridized carbons (Fsp3) is 0.519. The summed E-state index contributed by atoms with van der Waals surface area (Å²) in [5.74, 6) is 1.49. The highest BCUT2D eigenvalue weighted by molar-refractivity contribution is 7.92. The van der Waals surface area contributed by atoms with Gasteiger partial charge in [-0.05, 0) is 80.3 Å². The molecule has 2 aromatic rings. The number of aryl methyl sites for hydroxylation is 2. The van der Waals surface area contributed by atoms with Gasteiger partial charge in [-0.15, -0.1) is 0 Å². The van der Waals surface area contributed by atoms with E-state index in [0.29, 0.717) is 35.6 Å². The van der Waals surface area contributed by atoms with Crippen molar-refractivity contribution in [1.82, 2.24) is 19.2 Å². The van der Waals surface area contributed by atoms with Gasteiger partial charge in [0.25, 0.3) is 5.91 Å². The molecule has 1 aromatic carbocycles. The molecule has 3 aliphatic rings. The van der Waals surface area contributed by atoms with Gasteiger partial charge in [0.2, 0.25) is 15.9 Å². The Hall–Kier alpha value is -3.18. The summed E-state index contributed by atoms with van der Waals surface area (Å²) >= 11 is 0. The maximum absolute atomic E-state index is 13.1. The second kappa shape index (κ2) is 9.85. The van der Waals surface area contributed by atoms with Crippen molar-refractivity contribution in [1.29, 1.82) is 0 Å². The largest absolute Gasteiger partial charge is 0.493 e. The third-order valence-electron chi connectivity index (χ3n) is 8.31. The van der Waals surface area contributed by atoms with E-state index in [-0.39, 0.29) is 30.8 Å². The minimum atomic E-state index is -3.71. The van der Waals surface area contributed by atoms with Crippen molar-refractivity contribution in [2.45, 2.75) is 64.8 Å². The van der Waals surface area contributed by atoms with E-state index in [4.69, 9.17) is 4.99 Å². The highest BCUT2D eigenvalue weighted by atomic mass is 32.2. The first-order chi connectivity index (χ1) is 18.0. The molecule has 2 fully saturated rings. The molecular formula is C27H35N5O5S. The molecule has 3 N–H and O–H groups in total. The highest BCUT2D eigenvalue weighted by Gasteiger charge is 2.48. The van der Waals surface area contributed by atoms with E-state index in [0.717, 1.165) is 41.6 Å². The molecule has 0 bridgehead atoms. The van der Waals surface area contributed by atoms with Gasteiger partial charge in [-0.25, -0.2) is 17.8 Å². The SMILES string of the molecule is Cc1cc(-n2c(O)c[nH]c2=O)c(C)cc1C=CS(=O)(=O)N1CCC2(CC1)N=C(C1CCC(C)CC1)NC2=O. The van der Waals surface area contributed by atoms with Crippen LogP contribution in [0.4, 0.5) is 0 Å². The number of sulfonamides is 1. The second-order valence-electron chi connectivity index (χ2n) is 11.0. The fourth-order valence-electron chi connectivity index (χ4n) is 5.80. The number of imidazole rings is 1. The normalized spacial score (nSPS) is 24.2. The maximum Gasteiger partial charge on any atom is 0.333 e. The molecule has 204 valence electrons. The van der Waals surface area contributed by atoms with Crippen LogP contribution in [0.25, 0.3) is 11.8 Å². The van der Waals surface area contributed by atoms with Crippen LogP contribution in [0.5, 0.6) is 5.88 Å². The average Bonchev–Trinajstić information content (AvgIpc) is 3.38. The van der Waals surface area contributed by atoms with Crippen LogP contribution in [0.1, 0.15) is 62.1 Å². The Bertz CT molecular complexity index is 1470. The average molecular weight is 542 g/mol. The van der Waals surface area contributed by atoms with Crippen LogP contribution < -0.4 is 11.0 Å². The standard InChI is InChI=1S/C27H35N5O5S/c1-17-4-6-20(7-5-17)24-29-25(34)27(30-24)9-11-31(12-10-27)38(36,37)13-8-21-14-19(3)22(15-18(21)2)32-23(33)16-28-26(32)35/h8,13-17,20,33H,4-7,9-12H2,1-3H3,(H,28,35)(H,29,30,34). The van der Waals surface area contributed by atoms with Gasteiger partial charge in [-0.1, -0.05) is 19.8 Å². The van der Waals surface area contributed by atoms with Crippen LogP contribution in [-0.2, 0) is 14.8 Å². The lowest BCUT2D eigenvalue weighted by molar-refractivity contribution is -0.125. The summed E-state index contributed by atoms with van der Waals surface area (Å²) in [6.45, 7) is 6.32. The van der Waals surface area contributed by atoms with Crippen molar-refractivity contribution >= 4 is 27.8 Å². The van der Waals surface area contributed by atoms with E-state index in [1.54, 1.807) is 25.1 Å². The molecule has 1 aromatic heterocycles. The van der Waals surface area contributed by atoms with Crippen molar-refractivity contribution in [3.05, 3.63) is 50.9 Å². The molecule has 1 aliphatic carbocycles. The van der Waals surface area contributed by atoms with Crippen LogP contribution >= 0.6 is 0 Å². The first kappa shape index (κ1) is 26.4.